The zero-order valence-electron chi connectivity index (χ0n) is 26.8. The number of anilines is 1. The summed E-state index contributed by atoms with van der Waals surface area (Å²) in [6.45, 7) is 15.8. The minimum absolute atomic E-state index is 0.220. The second kappa shape index (κ2) is 15.7. The summed E-state index contributed by atoms with van der Waals surface area (Å²) >= 11 is 13.3. The Balaban J connectivity index is 1.73. The average molecular weight is 625 g/mol. The maximum Gasteiger partial charge on any atom is 0.407 e. The molecule has 0 spiro atoms. The first-order chi connectivity index (χ1) is 20.3. The number of nitrogens with zero attached hydrogens (tertiary/aromatic N) is 1. The van der Waals surface area contributed by atoms with E-state index in [1.54, 1.807) is 0 Å². The van der Waals surface area contributed by atoms with Crippen LogP contribution in [0.5, 0.6) is 0 Å². The molecule has 0 saturated carbocycles. The van der Waals surface area contributed by atoms with Crippen molar-refractivity contribution in [2.75, 3.05) is 26.0 Å². The molecule has 0 fully saturated rings. The van der Waals surface area contributed by atoms with Crippen LogP contribution in [0.15, 0.2) is 48.7 Å². The predicted octanol–water partition coefficient (Wildman–Crippen LogP) is 9.33. The van der Waals surface area contributed by atoms with Crippen molar-refractivity contribution in [3.8, 4) is 11.8 Å². The molecule has 7 heteroatoms. The molecule has 0 aromatic heterocycles. The van der Waals surface area contributed by atoms with E-state index in [9.17, 15) is 4.79 Å². The van der Waals surface area contributed by atoms with Gasteiger partial charge in [-0.15, -0.1) is 0 Å². The fraction of sp³-hybridized carbons (Fsp3) is 0.472. The normalized spacial score (nSPS) is 15.5. The number of hydrogen-bond acceptors (Lipinski definition) is 4. The quantitative estimate of drug-likeness (QED) is 0.204. The number of hydrogen-bond donors (Lipinski definition) is 2. The smallest absolute Gasteiger partial charge is 0.407 e. The molecule has 232 valence electrons. The number of carbonyl (C=O) groups excluding carboxylic acids is 1. The second-order valence-electron chi connectivity index (χ2n) is 12.8. The number of fused-ring (bicyclic) bond motifs is 1. The Hall–Kier alpha value is -2.91. The third-order valence-electron chi connectivity index (χ3n) is 7.31. The summed E-state index contributed by atoms with van der Waals surface area (Å²) in [5, 5.41) is 7.64. The highest BCUT2D eigenvalue weighted by Crippen LogP contribution is 2.36. The van der Waals surface area contributed by atoms with Gasteiger partial charge in [0.1, 0.15) is 5.60 Å². The van der Waals surface area contributed by atoms with Gasteiger partial charge in [0, 0.05) is 36.7 Å². The Kier molecular flexibility index (Phi) is 12.6. The molecule has 2 unspecified atom stereocenters. The highest BCUT2D eigenvalue weighted by atomic mass is 35.5. The lowest BCUT2D eigenvalue weighted by molar-refractivity contribution is 0.0523. The van der Waals surface area contributed by atoms with Crippen LogP contribution in [0, 0.1) is 23.7 Å². The van der Waals surface area contributed by atoms with Crippen LogP contribution in [0.2, 0.25) is 10.0 Å². The summed E-state index contributed by atoms with van der Waals surface area (Å²) in [7, 11) is 4.23. The summed E-state index contributed by atoms with van der Waals surface area (Å²) in [4.78, 5) is 14.4. The lowest BCUT2D eigenvalue weighted by Gasteiger charge is -2.21. The Morgan fingerprint density at radius 1 is 1.19 bits per heavy atom. The number of unbranched alkanes of at least 4 members (excludes halogenated alkanes) is 1. The van der Waals surface area contributed by atoms with Crippen LogP contribution in [-0.2, 0) is 17.7 Å². The van der Waals surface area contributed by atoms with Crippen LogP contribution in [0.3, 0.4) is 0 Å². The lowest BCUT2D eigenvalue weighted by Crippen LogP contribution is -2.32. The van der Waals surface area contributed by atoms with Gasteiger partial charge in [-0.05, 0) is 119 Å². The summed E-state index contributed by atoms with van der Waals surface area (Å²) < 4.78 is 5.36. The van der Waals surface area contributed by atoms with Crippen molar-refractivity contribution >= 4 is 40.6 Å². The van der Waals surface area contributed by atoms with E-state index in [4.69, 9.17) is 27.9 Å². The van der Waals surface area contributed by atoms with Gasteiger partial charge >= 0.3 is 6.09 Å². The zero-order chi connectivity index (χ0) is 31.7. The van der Waals surface area contributed by atoms with Gasteiger partial charge in [0.05, 0.1) is 15.7 Å². The molecule has 2 atom stereocenters. The number of ether oxygens (including phenoxy) is 1. The molecule has 1 aliphatic rings. The Morgan fingerprint density at radius 3 is 2.60 bits per heavy atom. The van der Waals surface area contributed by atoms with E-state index in [0.717, 1.165) is 72.3 Å². The average Bonchev–Trinajstić information content (AvgIpc) is 3.03. The molecule has 0 radical (unpaired) electrons. The van der Waals surface area contributed by atoms with Crippen molar-refractivity contribution in [1.82, 2.24) is 10.2 Å². The number of rotatable bonds is 10. The van der Waals surface area contributed by atoms with Crippen molar-refractivity contribution in [2.24, 2.45) is 11.8 Å². The molecular formula is C36H47Cl2N3O2. The van der Waals surface area contributed by atoms with Crippen LogP contribution in [0.4, 0.5) is 10.5 Å². The van der Waals surface area contributed by atoms with Gasteiger partial charge in [0.25, 0.3) is 0 Å². The summed E-state index contributed by atoms with van der Waals surface area (Å²) in [5.41, 5.74) is 6.17. The summed E-state index contributed by atoms with van der Waals surface area (Å²) in [6.07, 6.45) is 6.50. The molecule has 3 rings (SSSR count). The third kappa shape index (κ3) is 10.9. The fourth-order valence-corrected chi connectivity index (χ4v) is 5.65. The number of allylic oxidation sites excluding steroid dienone is 3. The molecule has 0 aliphatic heterocycles. The topological polar surface area (TPSA) is 53.6 Å². The number of halogens is 2. The Labute approximate surface area is 269 Å². The highest BCUT2D eigenvalue weighted by Gasteiger charge is 2.23. The van der Waals surface area contributed by atoms with Gasteiger partial charge in [-0.2, -0.15) is 0 Å². The monoisotopic (exact) mass is 623 g/mol. The number of benzene rings is 2. The van der Waals surface area contributed by atoms with Crippen LogP contribution in [0.25, 0.3) is 5.57 Å². The van der Waals surface area contributed by atoms with Crippen molar-refractivity contribution in [3.05, 3.63) is 81.0 Å². The van der Waals surface area contributed by atoms with E-state index < -0.39 is 11.7 Å². The standard InChI is InChI=1S/C36H47Cl2N3O2/c1-9-27-19-29-20-28(14-12-10-11-13-24(2)23-41(7)8)32(38)21-30(29)25(3)17-33(27)40-34-18-26(15-16-31(34)37)22-39-35(42)43-36(4,5)6/h15-18,20-21,24,27,40H,3,9-11,13,19,22-23H2,1-2,4-8H3,(H,39,42). The highest BCUT2D eigenvalue weighted by molar-refractivity contribution is 6.33. The van der Waals surface area contributed by atoms with Gasteiger partial charge in [0.15, 0.2) is 0 Å². The van der Waals surface area contributed by atoms with Crippen LogP contribution < -0.4 is 10.6 Å². The first-order valence-corrected chi connectivity index (χ1v) is 15.9. The van der Waals surface area contributed by atoms with E-state index in [1.165, 1.54) is 5.56 Å². The number of amides is 1. The largest absolute Gasteiger partial charge is 0.444 e. The summed E-state index contributed by atoms with van der Waals surface area (Å²) in [5.74, 6) is 7.56. The Morgan fingerprint density at radius 2 is 1.93 bits per heavy atom. The van der Waals surface area contributed by atoms with Gasteiger partial charge in [0.2, 0.25) is 0 Å². The van der Waals surface area contributed by atoms with Crippen LogP contribution in [0.1, 0.15) is 82.6 Å². The van der Waals surface area contributed by atoms with E-state index in [1.807, 2.05) is 45.0 Å². The van der Waals surface area contributed by atoms with Crippen molar-refractivity contribution in [2.45, 2.75) is 78.9 Å². The molecule has 2 aromatic carbocycles. The minimum Gasteiger partial charge on any atom is -0.444 e. The van der Waals surface area contributed by atoms with Gasteiger partial charge in [-0.25, -0.2) is 4.79 Å². The van der Waals surface area contributed by atoms with Gasteiger partial charge < -0.3 is 20.3 Å². The van der Waals surface area contributed by atoms with Gasteiger partial charge in [-0.3, -0.25) is 0 Å². The first kappa shape index (κ1) is 34.6. The van der Waals surface area contributed by atoms with Crippen molar-refractivity contribution in [3.63, 3.8) is 0 Å². The van der Waals surface area contributed by atoms with Crippen molar-refractivity contribution in [1.29, 1.82) is 0 Å². The van der Waals surface area contributed by atoms with E-state index in [0.29, 0.717) is 22.5 Å². The van der Waals surface area contributed by atoms with Crippen molar-refractivity contribution < 1.29 is 9.53 Å². The predicted molar refractivity (Wildman–Crippen MR) is 183 cm³/mol. The van der Waals surface area contributed by atoms with E-state index in [-0.39, 0.29) is 5.92 Å². The SMILES string of the molecule is C=C1C=C(Nc2cc(CNC(=O)OC(C)(C)C)ccc2Cl)C(CC)Cc2cc(C#CCCCC(C)CN(C)C)c(Cl)cc21. The maximum absolute atomic E-state index is 12.1. The molecule has 0 bridgehead atoms. The molecule has 0 saturated heterocycles. The molecule has 1 amide bonds. The molecule has 43 heavy (non-hydrogen) atoms. The third-order valence-corrected chi connectivity index (χ3v) is 7.95. The zero-order valence-corrected chi connectivity index (χ0v) is 28.3. The molecule has 1 aliphatic carbocycles. The minimum atomic E-state index is -0.556. The lowest BCUT2D eigenvalue weighted by atomic mass is 9.92. The summed E-state index contributed by atoms with van der Waals surface area (Å²) in [6, 6.07) is 9.84. The molecule has 0 heterocycles. The first-order valence-electron chi connectivity index (χ1n) is 15.1. The number of nitrogens with one attached hydrogen (secondary N) is 2. The van der Waals surface area contributed by atoms with Crippen LogP contribution >= 0.6 is 23.2 Å². The van der Waals surface area contributed by atoms with E-state index in [2.05, 4.69) is 74.0 Å². The molecular weight excluding hydrogens is 577 g/mol. The molecule has 2 N–H and O–H groups in total. The number of carbonyl (C=O) groups is 1. The second-order valence-corrected chi connectivity index (χ2v) is 13.6. The molecule has 2 aromatic rings. The Bertz CT molecular complexity index is 1400. The number of alkyl carbamates (subject to hydrolysis) is 1. The van der Waals surface area contributed by atoms with Gasteiger partial charge in [-0.1, -0.05) is 61.5 Å². The van der Waals surface area contributed by atoms with Crippen LogP contribution in [-0.4, -0.2) is 37.2 Å². The maximum atomic E-state index is 12.1. The van der Waals surface area contributed by atoms with E-state index >= 15 is 0 Å². The molecule has 5 nitrogen and oxygen atoms in total. The fourth-order valence-electron chi connectivity index (χ4n) is 5.28.